The Morgan fingerprint density at radius 1 is 1.04 bits per heavy atom. The van der Waals surface area contributed by atoms with Gasteiger partial charge in [-0.1, -0.05) is 43.2 Å². The number of aromatic amines is 1. The van der Waals surface area contributed by atoms with Crippen molar-refractivity contribution >= 4 is 17.8 Å². The van der Waals surface area contributed by atoms with Crippen molar-refractivity contribution in [2.24, 2.45) is 11.8 Å². The molecule has 1 aliphatic carbocycles. The van der Waals surface area contributed by atoms with E-state index in [1.165, 1.54) is 4.90 Å². The number of H-pyrrole nitrogens is 1. The van der Waals surface area contributed by atoms with Crippen LogP contribution in [0, 0.1) is 11.8 Å². The molecule has 6 heteroatoms. The first-order valence-electron chi connectivity index (χ1n) is 8.07. The fraction of sp³-hybridized carbons (Fsp3) is 0.412. The minimum absolute atomic E-state index is 0.134. The van der Waals surface area contributed by atoms with Crippen LogP contribution < -0.4 is 4.90 Å². The number of hydrogen-bond donors (Lipinski definition) is 1. The van der Waals surface area contributed by atoms with Crippen LogP contribution in [0.2, 0.25) is 0 Å². The zero-order valence-electron chi connectivity index (χ0n) is 12.7. The maximum Gasteiger partial charge on any atom is 0.258 e. The zero-order chi connectivity index (χ0) is 15.8. The van der Waals surface area contributed by atoms with Gasteiger partial charge in [0.25, 0.3) is 5.95 Å². The molecule has 2 heterocycles. The summed E-state index contributed by atoms with van der Waals surface area (Å²) in [6.45, 7) is 0. The predicted octanol–water partition coefficient (Wildman–Crippen LogP) is 2.08. The molecule has 1 aromatic heterocycles. The van der Waals surface area contributed by atoms with E-state index in [2.05, 4.69) is 15.2 Å². The highest BCUT2D eigenvalue weighted by molar-refractivity contribution is 6.21. The number of nitrogens with one attached hydrogen (secondary N) is 1. The Morgan fingerprint density at radius 2 is 1.70 bits per heavy atom. The molecular weight excluding hydrogens is 292 g/mol. The van der Waals surface area contributed by atoms with Crippen LogP contribution in [-0.4, -0.2) is 27.0 Å². The second kappa shape index (κ2) is 5.61. The zero-order valence-corrected chi connectivity index (χ0v) is 12.7. The van der Waals surface area contributed by atoms with Crippen molar-refractivity contribution in [1.29, 1.82) is 0 Å². The average molecular weight is 310 g/mol. The molecule has 2 aliphatic rings. The fourth-order valence-corrected chi connectivity index (χ4v) is 3.61. The van der Waals surface area contributed by atoms with E-state index in [-0.39, 0.29) is 29.6 Å². The fourth-order valence-electron chi connectivity index (χ4n) is 3.61. The lowest BCUT2D eigenvalue weighted by Crippen LogP contribution is -2.31. The van der Waals surface area contributed by atoms with Gasteiger partial charge < -0.3 is 0 Å². The first-order valence-corrected chi connectivity index (χ1v) is 8.07. The molecule has 118 valence electrons. The number of rotatable bonds is 3. The predicted molar refractivity (Wildman–Crippen MR) is 83.6 cm³/mol. The Labute approximate surface area is 133 Å². The Morgan fingerprint density at radius 3 is 2.35 bits per heavy atom. The summed E-state index contributed by atoms with van der Waals surface area (Å²) in [5, 5.41) is 6.95. The summed E-state index contributed by atoms with van der Waals surface area (Å²) in [6.07, 6.45) is 4.22. The van der Waals surface area contributed by atoms with Gasteiger partial charge in [0, 0.05) is 6.42 Å². The Kier molecular flexibility index (Phi) is 3.44. The third kappa shape index (κ3) is 2.44. The van der Waals surface area contributed by atoms with E-state index in [4.69, 9.17) is 0 Å². The Balaban J connectivity index is 1.57. The molecule has 1 N–H and O–H groups in total. The van der Waals surface area contributed by atoms with Crippen LogP contribution in [0.5, 0.6) is 0 Å². The van der Waals surface area contributed by atoms with Gasteiger partial charge in [-0.3, -0.25) is 14.7 Å². The van der Waals surface area contributed by atoms with E-state index >= 15 is 0 Å². The Hall–Kier alpha value is -2.50. The number of fused-ring (bicyclic) bond motifs is 1. The van der Waals surface area contributed by atoms with Crippen LogP contribution in [0.4, 0.5) is 5.95 Å². The van der Waals surface area contributed by atoms with Gasteiger partial charge in [-0.2, -0.15) is 4.98 Å². The maximum atomic E-state index is 12.5. The SMILES string of the molecule is O=C1[C@@H]2CCCC[C@H]2C(=O)N1c1n[nH]c(Cc2ccccc2)n1. The van der Waals surface area contributed by atoms with E-state index in [0.717, 1.165) is 31.2 Å². The van der Waals surface area contributed by atoms with E-state index in [9.17, 15) is 9.59 Å². The van der Waals surface area contributed by atoms with Gasteiger partial charge in [-0.05, 0) is 18.4 Å². The van der Waals surface area contributed by atoms with E-state index in [1.54, 1.807) is 0 Å². The first-order chi connectivity index (χ1) is 11.2. The quantitative estimate of drug-likeness (QED) is 0.880. The highest BCUT2D eigenvalue weighted by Crippen LogP contribution is 2.39. The molecule has 2 atom stereocenters. The molecule has 1 aliphatic heterocycles. The molecule has 0 bridgehead atoms. The molecule has 6 nitrogen and oxygen atoms in total. The lowest BCUT2D eigenvalue weighted by molar-refractivity contribution is -0.122. The standard InChI is InChI=1S/C17H18N4O2/c22-15-12-8-4-5-9-13(12)16(23)21(15)17-18-14(19-20-17)10-11-6-2-1-3-7-11/h1-3,6-7,12-13H,4-5,8-10H2,(H,18,19,20)/t12-,13-/m1/s1. The number of anilines is 1. The highest BCUT2D eigenvalue weighted by Gasteiger charge is 2.50. The van der Waals surface area contributed by atoms with Crippen LogP contribution in [0.3, 0.4) is 0 Å². The van der Waals surface area contributed by atoms with Crippen molar-refractivity contribution in [3.05, 3.63) is 41.7 Å². The van der Waals surface area contributed by atoms with Gasteiger partial charge in [0.05, 0.1) is 11.8 Å². The molecule has 2 aromatic rings. The van der Waals surface area contributed by atoms with Crippen molar-refractivity contribution < 1.29 is 9.59 Å². The van der Waals surface area contributed by atoms with Gasteiger partial charge in [0.15, 0.2) is 0 Å². The van der Waals surface area contributed by atoms with Crippen molar-refractivity contribution in [1.82, 2.24) is 15.2 Å². The topological polar surface area (TPSA) is 79.0 Å². The van der Waals surface area contributed by atoms with Crippen molar-refractivity contribution in [3.63, 3.8) is 0 Å². The summed E-state index contributed by atoms with van der Waals surface area (Å²) in [5.41, 5.74) is 1.10. The average Bonchev–Trinajstić information content (AvgIpc) is 3.12. The molecule has 0 unspecified atom stereocenters. The molecule has 4 rings (SSSR count). The summed E-state index contributed by atoms with van der Waals surface area (Å²) in [7, 11) is 0. The molecule has 2 amide bonds. The number of carbonyl (C=O) groups is 2. The monoisotopic (exact) mass is 310 g/mol. The second-order valence-corrected chi connectivity index (χ2v) is 6.25. The van der Waals surface area contributed by atoms with Gasteiger partial charge in [0.1, 0.15) is 5.82 Å². The minimum Gasteiger partial charge on any atom is -0.274 e. The van der Waals surface area contributed by atoms with Crippen LogP contribution in [0.25, 0.3) is 0 Å². The summed E-state index contributed by atoms with van der Waals surface area (Å²) in [4.78, 5) is 30.6. The largest absolute Gasteiger partial charge is 0.274 e. The number of aromatic nitrogens is 3. The molecule has 1 saturated heterocycles. The molecular formula is C17H18N4O2. The van der Waals surface area contributed by atoms with E-state index < -0.39 is 0 Å². The summed E-state index contributed by atoms with van der Waals surface area (Å²) in [5.74, 6) is 0.233. The van der Waals surface area contributed by atoms with E-state index in [1.807, 2.05) is 30.3 Å². The van der Waals surface area contributed by atoms with Gasteiger partial charge >= 0.3 is 0 Å². The minimum atomic E-state index is -0.174. The van der Waals surface area contributed by atoms with Gasteiger partial charge in [-0.25, -0.2) is 4.90 Å². The molecule has 0 spiro atoms. The molecule has 1 saturated carbocycles. The highest BCUT2D eigenvalue weighted by atomic mass is 16.2. The Bertz CT molecular complexity index is 716. The van der Waals surface area contributed by atoms with Crippen LogP contribution in [-0.2, 0) is 16.0 Å². The lowest BCUT2D eigenvalue weighted by atomic mass is 9.81. The van der Waals surface area contributed by atoms with Crippen LogP contribution in [0.1, 0.15) is 37.1 Å². The van der Waals surface area contributed by atoms with Gasteiger partial charge in [-0.15, -0.1) is 5.10 Å². The van der Waals surface area contributed by atoms with Crippen LogP contribution in [0.15, 0.2) is 30.3 Å². The molecule has 2 fully saturated rings. The maximum absolute atomic E-state index is 12.5. The second-order valence-electron chi connectivity index (χ2n) is 6.25. The third-order valence-corrected chi connectivity index (χ3v) is 4.78. The molecule has 1 aromatic carbocycles. The number of imide groups is 1. The lowest BCUT2D eigenvalue weighted by Gasteiger charge is -2.19. The molecule has 23 heavy (non-hydrogen) atoms. The van der Waals surface area contributed by atoms with Crippen LogP contribution >= 0.6 is 0 Å². The smallest absolute Gasteiger partial charge is 0.258 e. The normalized spacial score (nSPS) is 24.1. The summed E-state index contributed by atoms with van der Waals surface area (Å²) >= 11 is 0. The third-order valence-electron chi connectivity index (χ3n) is 4.78. The summed E-state index contributed by atoms with van der Waals surface area (Å²) < 4.78 is 0. The summed E-state index contributed by atoms with van der Waals surface area (Å²) in [6, 6.07) is 9.89. The molecule has 0 radical (unpaired) electrons. The van der Waals surface area contributed by atoms with E-state index in [0.29, 0.717) is 12.2 Å². The number of carbonyl (C=O) groups excluding carboxylic acids is 2. The number of amides is 2. The van der Waals surface area contributed by atoms with Crippen molar-refractivity contribution in [2.45, 2.75) is 32.1 Å². The number of nitrogens with zero attached hydrogens (tertiary/aromatic N) is 3. The number of benzene rings is 1. The van der Waals surface area contributed by atoms with Gasteiger partial charge in [0.2, 0.25) is 11.8 Å². The first kappa shape index (κ1) is 14.1. The van der Waals surface area contributed by atoms with Crippen molar-refractivity contribution in [2.75, 3.05) is 4.90 Å². The number of hydrogen-bond acceptors (Lipinski definition) is 4. The van der Waals surface area contributed by atoms with Crippen molar-refractivity contribution in [3.8, 4) is 0 Å².